The van der Waals surface area contributed by atoms with Gasteiger partial charge in [0.25, 0.3) is 0 Å². The van der Waals surface area contributed by atoms with E-state index in [9.17, 15) is 5.11 Å². The minimum atomic E-state index is -0.492. The largest absolute Gasteiger partial charge is 0.389 e. The van der Waals surface area contributed by atoms with Crippen LogP contribution in [0.25, 0.3) is 0 Å². The van der Waals surface area contributed by atoms with Crippen molar-refractivity contribution in [2.75, 3.05) is 18.0 Å². The van der Waals surface area contributed by atoms with Gasteiger partial charge in [0.1, 0.15) is 5.82 Å². The molecule has 1 aliphatic rings. The molecule has 0 aromatic carbocycles. The Kier molecular flexibility index (Phi) is 10.1. The lowest BCUT2D eigenvalue weighted by Gasteiger charge is -2.41. The summed E-state index contributed by atoms with van der Waals surface area (Å²) >= 11 is 0. The molecule has 1 aromatic rings. The predicted molar refractivity (Wildman–Crippen MR) is 102 cm³/mol. The van der Waals surface area contributed by atoms with E-state index in [-0.39, 0.29) is 0 Å². The van der Waals surface area contributed by atoms with E-state index < -0.39 is 5.60 Å². The Morgan fingerprint density at radius 2 is 1.52 bits per heavy atom. The quantitative estimate of drug-likeness (QED) is 0.826. The summed E-state index contributed by atoms with van der Waals surface area (Å²) < 4.78 is 0. The average molecular weight is 323 g/mol. The summed E-state index contributed by atoms with van der Waals surface area (Å²) in [6.07, 6.45) is 3.64. The Bertz CT molecular complexity index is 404. The normalized spacial score (nSPS) is 16.4. The fourth-order valence-corrected chi connectivity index (χ4v) is 2.63. The van der Waals surface area contributed by atoms with Gasteiger partial charge in [0.15, 0.2) is 0 Å². The molecule has 0 amide bonds. The van der Waals surface area contributed by atoms with Crippen LogP contribution in [0.1, 0.15) is 79.7 Å². The first kappa shape index (κ1) is 21.9. The fourth-order valence-electron chi connectivity index (χ4n) is 2.63. The highest BCUT2D eigenvalue weighted by molar-refractivity contribution is 5.40. The van der Waals surface area contributed by atoms with E-state index in [2.05, 4.69) is 49.7 Å². The first-order valence-corrected chi connectivity index (χ1v) is 9.35. The molecule has 3 nitrogen and oxygen atoms in total. The zero-order valence-corrected chi connectivity index (χ0v) is 16.6. The number of aliphatic hydroxyl groups is 1. The molecule has 0 spiro atoms. The van der Waals surface area contributed by atoms with Crippen LogP contribution < -0.4 is 4.90 Å². The number of aromatic nitrogens is 1. The van der Waals surface area contributed by atoms with E-state index in [1.54, 1.807) is 0 Å². The molecular formula is C20H38N2O. The van der Waals surface area contributed by atoms with Crippen LogP contribution >= 0.6 is 0 Å². The molecule has 1 aliphatic heterocycles. The highest BCUT2D eigenvalue weighted by Gasteiger charge is 2.35. The summed E-state index contributed by atoms with van der Waals surface area (Å²) in [6, 6.07) is 4.27. The highest BCUT2D eigenvalue weighted by Crippen LogP contribution is 2.31. The van der Waals surface area contributed by atoms with Crippen LogP contribution in [-0.4, -0.2) is 28.8 Å². The summed E-state index contributed by atoms with van der Waals surface area (Å²) in [5.74, 6) is 1.88. The second-order valence-corrected chi connectivity index (χ2v) is 6.35. The van der Waals surface area contributed by atoms with Gasteiger partial charge in [-0.2, -0.15) is 0 Å². The molecule has 1 aromatic heterocycles. The summed E-state index contributed by atoms with van der Waals surface area (Å²) in [6.45, 7) is 18.3. The van der Waals surface area contributed by atoms with E-state index >= 15 is 0 Å². The van der Waals surface area contributed by atoms with Gasteiger partial charge < -0.3 is 10.0 Å². The molecule has 0 unspecified atom stereocenters. The van der Waals surface area contributed by atoms with Gasteiger partial charge in [0.2, 0.25) is 0 Å². The first-order valence-electron chi connectivity index (χ1n) is 9.35. The molecule has 1 saturated heterocycles. The molecule has 0 radical (unpaired) electrons. The van der Waals surface area contributed by atoms with E-state index in [0.717, 1.165) is 31.7 Å². The second kappa shape index (κ2) is 10.6. The summed E-state index contributed by atoms with van der Waals surface area (Å²) in [5, 5.41) is 10.5. The molecule has 23 heavy (non-hydrogen) atoms. The van der Waals surface area contributed by atoms with Crippen LogP contribution in [0, 0.1) is 5.92 Å². The SMILES string of the molecule is CC.CC.CC(C)c1ccc(N2CCC(O)(C(C)C)CC2)nc1. The van der Waals surface area contributed by atoms with E-state index in [0.29, 0.717) is 11.8 Å². The Morgan fingerprint density at radius 3 is 1.87 bits per heavy atom. The number of pyridine rings is 1. The van der Waals surface area contributed by atoms with Gasteiger partial charge in [-0.3, -0.25) is 0 Å². The van der Waals surface area contributed by atoms with Crippen molar-refractivity contribution in [2.24, 2.45) is 5.92 Å². The number of hydrogen-bond donors (Lipinski definition) is 1. The molecule has 134 valence electrons. The van der Waals surface area contributed by atoms with Crippen molar-refractivity contribution in [1.29, 1.82) is 0 Å². The minimum absolute atomic E-state index is 0.325. The molecule has 0 aliphatic carbocycles. The Hall–Kier alpha value is -1.09. The van der Waals surface area contributed by atoms with Crippen molar-refractivity contribution in [2.45, 2.75) is 79.8 Å². The summed E-state index contributed by atoms with van der Waals surface area (Å²) in [5.41, 5.74) is 0.786. The van der Waals surface area contributed by atoms with Gasteiger partial charge in [-0.25, -0.2) is 4.98 Å². The van der Waals surface area contributed by atoms with Crippen molar-refractivity contribution in [3.05, 3.63) is 23.9 Å². The third-order valence-corrected chi connectivity index (χ3v) is 4.47. The fraction of sp³-hybridized carbons (Fsp3) is 0.750. The molecule has 3 heteroatoms. The number of nitrogens with zero attached hydrogens (tertiary/aromatic N) is 2. The van der Waals surface area contributed by atoms with Crippen molar-refractivity contribution in [3.8, 4) is 0 Å². The molecular weight excluding hydrogens is 284 g/mol. The lowest BCUT2D eigenvalue weighted by Crippen LogP contribution is -2.47. The maximum absolute atomic E-state index is 10.5. The number of hydrogen-bond acceptors (Lipinski definition) is 3. The van der Waals surface area contributed by atoms with Gasteiger partial charge >= 0.3 is 0 Å². The van der Waals surface area contributed by atoms with E-state index in [4.69, 9.17) is 0 Å². The van der Waals surface area contributed by atoms with Crippen LogP contribution in [0.5, 0.6) is 0 Å². The Labute approximate surface area is 144 Å². The lowest BCUT2D eigenvalue weighted by molar-refractivity contribution is -0.0262. The predicted octanol–water partition coefficient (Wildman–Crippen LogP) is 5.24. The van der Waals surface area contributed by atoms with Crippen molar-refractivity contribution >= 4 is 5.82 Å². The Morgan fingerprint density at radius 1 is 1.00 bits per heavy atom. The highest BCUT2D eigenvalue weighted by atomic mass is 16.3. The topological polar surface area (TPSA) is 36.4 Å². The molecule has 1 N–H and O–H groups in total. The van der Waals surface area contributed by atoms with Gasteiger partial charge in [-0.05, 0) is 36.3 Å². The third kappa shape index (κ3) is 6.14. The van der Waals surface area contributed by atoms with Crippen molar-refractivity contribution in [3.63, 3.8) is 0 Å². The standard InChI is InChI=1S/C16H26N2O.2C2H6/c1-12(2)14-5-6-15(17-11-14)18-9-7-16(19,8-10-18)13(3)4;2*1-2/h5-6,11-13,19H,7-10H2,1-4H3;2*1-2H3. The number of piperidine rings is 1. The molecule has 2 rings (SSSR count). The van der Waals surface area contributed by atoms with E-state index in [1.807, 2.05) is 33.9 Å². The molecule has 2 heterocycles. The maximum Gasteiger partial charge on any atom is 0.128 e. The van der Waals surface area contributed by atoms with Crippen molar-refractivity contribution < 1.29 is 5.11 Å². The second-order valence-electron chi connectivity index (χ2n) is 6.35. The van der Waals surface area contributed by atoms with Crippen LogP contribution in [-0.2, 0) is 0 Å². The minimum Gasteiger partial charge on any atom is -0.389 e. The zero-order chi connectivity index (χ0) is 18.0. The maximum atomic E-state index is 10.5. The van der Waals surface area contributed by atoms with Gasteiger partial charge in [0, 0.05) is 19.3 Å². The molecule has 0 saturated carbocycles. The smallest absolute Gasteiger partial charge is 0.128 e. The van der Waals surface area contributed by atoms with E-state index in [1.165, 1.54) is 5.56 Å². The van der Waals surface area contributed by atoms with Gasteiger partial charge in [-0.15, -0.1) is 0 Å². The molecule has 0 bridgehead atoms. The van der Waals surface area contributed by atoms with Crippen LogP contribution in [0.2, 0.25) is 0 Å². The third-order valence-electron chi connectivity index (χ3n) is 4.47. The number of anilines is 1. The summed E-state index contributed by atoms with van der Waals surface area (Å²) in [7, 11) is 0. The average Bonchev–Trinajstić information content (AvgIpc) is 2.59. The zero-order valence-electron chi connectivity index (χ0n) is 16.6. The Balaban J connectivity index is 0.00000112. The lowest BCUT2D eigenvalue weighted by atomic mass is 9.81. The summed E-state index contributed by atoms with van der Waals surface area (Å²) in [4.78, 5) is 6.84. The first-order chi connectivity index (χ1) is 10.9. The van der Waals surface area contributed by atoms with Crippen LogP contribution in [0.3, 0.4) is 0 Å². The van der Waals surface area contributed by atoms with Gasteiger partial charge in [-0.1, -0.05) is 61.5 Å². The van der Waals surface area contributed by atoms with Crippen LogP contribution in [0.4, 0.5) is 5.82 Å². The van der Waals surface area contributed by atoms with Gasteiger partial charge in [0.05, 0.1) is 5.60 Å². The van der Waals surface area contributed by atoms with Crippen molar-refractivity contribution in [1.82, 2.24) is 4.98 Å². The molecule has 0 atom stereocenters. The monoisotopic (exact) mass is 322 g/mol. The van der Waals surface area contributed by atoms with Crippen LogP contribution in [0.15, 0.2) is 18.3 Å². The molecule has 1 fully saturated rings. The number of rotatable bonds is 3.